The van der Waals surface area contributed by atoms with E-state index in [-0.39, 0.29) is 6.04 Å². The molecule has 1 fully saturated rings. The molecule has 1 N–H and O–H groups in total. The smallest absolute Gasteiger partial charge is 0.225 e. The Labute approximate surface area is 212 Å². The van der Waals surface area contributed by atoms with Crippen molar-refractivity contribution in [2.45, 2.75) is 43.5 Å². The number of piperidine rings is 1. The minimum absolute atomic E-state index is 0.190. The largest absolute Gasteiger partial charge is 0.341 e. The Balaban J connectivity index is 1.28. The fourth-order valence-electron chi connectivity index (χ4n) is 4.32. The minimum Gasteiger partial charge on any atom is -0.341 e. The number of anilines is 3. The monoisotopic (exact) mass is 510 g/mol. The zero-order valence-corrected chi connectivity index (χ0v) is 20.9. The first-order valence-corrected chi connectivity index (χ1v) is 12.6. The van der Waals surface area contributed by atoms with Gasteiger partial charge in [0.15, 0.2) is 5.65 Å². The maximum Gasteiger partial charge on any atom is 0.225 e. The van der Waals surface area contributed by atoms with E-state index in [2.05, 4.69) is 47.1 Å². The second-order valence-corrected chi connectivity index (χ2v) is 9.27. The molecular formula is C24H27FN8O2S. The number of aryl methyl sites for hydroxylation is 1. The Hall–Kier alpha value is -3.35. The van der Waals surface area contributed by atoms with Crippen LogP contribution in [0.1, 0.15) is 37.8 Å². The van der Waals surface area contributed by atoms with Crippen molar-refractivity contribution in [3.63, 3.8) is 0 Å². The summed E-state index contributed by atoms with van der Waals surface area (Å²) < 4.78 is 21.4. The van der Waals surface area contributed by atoms with E-state index in [0.29, 0.717) is 22.0 Å². The van der Waals surface area contributed by atoms with Crippen LogP contribution in [0.3, 0.4) is 0 Å². The molecule has 36 heavy (non-hydrogen) atoms. The van der Waals surface area contributed by atoms with Crippen molar-refractivity contribution in [2.75, 3.05) is 30.4 Å². The van der Waals surface area contributed by atoms with Crippen LogP contribution in [0.4, 0.5) is 21.8 Å². The fraction of sp³-hybridized carbons (Fsp3) is 0.375. The summed E-state index contributed by atoms with van der Waals surface area (Å²) >= 11 is 0.932. The average molecular weight is 511 g/mol. The highest BCUT2D eigenvalue weighted by Crippen LogP contribution is 2.31. The lowest BCUT2D eigenvalue weighted by Gasteiger charge is -2.32. The van der Waals surface area contributed by atoms with Crippen LogP contribution in [0.2, 0.25) is 0 Å². The Bertz CT molecular complexity index is 1310. The van der Waals surface area contributed by atoms with Crippen molar-refractivity contribution in [2.24, 2.45) is 0 Å². The third-order valence-corrected chi connectivity index (χ3v) is 6.76. The van der Waals surface area contributed by atoms with Crippen LogP contribution >= 0.6 is 12.0 Å². The lowest BCUT2D eigenvalue weighted by atomic mass is 10.1. The van der Waals surface area contributed by atoms with Gasteiger partial charge in [0.1, 0.15) is 18.0 Å². The summed E-state index contributed by atoms with van der Waals surface area (Å²) in [6.45, 7) is 3.81. The number of nitrogens with zero attached hydrogens (tertiary/aromatic N) is 7. The molecule has 0 saturated carbocycles. The molecule has 1 aliphatic heterocycles. The molecule has 0 unspecified atom stereocenters. The summed E-state index contributed by atoms with van der Waals surface area (Å²) in [4.78, 5) is 25.2. The predicted molar refractivity (Wildman–Crippen MR) is 135 cm³/mol. The van der Waals surface area contributed by atoms with Gasteiger partial charge in [-0.15, -0.1) is 0 Å². The van der Waals surface area contributed by atoms with Crippen molar-refractivity contribution in [1.82, 2.24) is 29.7 Å². The lowest BCUT2D eigenvalue weighted by Crippen LogP contribution is -2.36. The van der Waals surface area contributed by atoms with Crippen LogP contribution < -0.4 is 10.2 Å². The number of halogens is 1. The molecule has 0 bridgehead atoms. The van der Waals surface area contributed by atoms with Gasteiger partial charge in [-0.2, -0.15) is 9.43 Å². The predicted octanol–water partition coefficient (Wildman–Crippen LogP) is 4.88. The number of nitrogens with one attached hydrogen (secondary N) is 1. The topological polar surface area (TPSA) is 103 Å². The molecule has 0 spiro atoms. The number of benzene rings is 1. The number of hydrogen-bond acceptors (Lipinski definition) is 10. The van der Waals surface area contributed by atoms with Crippen molar-refractivity contribution in [1.29, 1.82) is 0 Å². The number of hydrogen-bond donors (Lipinski definition) is 1. The first-order valence-electron chi connectivity index (χ1n) is 11.8. The summed E-state index contributed by atoms with van der Waals surface area (Å²) in [6.07, 6.45) is 10.9. The van der Waals surface area contributed by atoms with Gasteiger partial charge in [0.2, 0.25) is 5.95 Å². The maximum atomic E-state index is 14.6. The average Bonchev–Trinajstić information content (AvgIpc) is 3.35. The van der Waals surface area contributed by atoms with Crippen LogP contribution in [0.15, 0.2) is 48.0 Å². The molecule has 4 aromatic rings. The molecule has 1 aliphatic rings. The molecule has 4 heterocycles. The number of fused-ring (bicyclic) bond motifs is 1. The van der Waals surface area contributed by atoms with E-state index in [9.17, 15) is 4.39 Å². The van der Waals surface area contributed by atoms with Crippen molar-refractivity contribution >= 4 is 40.5 Å². The highest BCUT2D eigenvalue weighted by molar-refractivity contribution is 7.94. The van der Waals surface area contributed by atoms with E-state index in [1.807, 2.05) is 17.1 Å². The highest BCUT2D eigenvalue weighted by Gasteiger charge is 2.25. The maximum absolute atomic E-state index is 14.6. The van der Waals surface area contributed by atoms with E-state index >= 15 is 0 Å². The summed E-state index contributed by atoms with van der Waals surface area (Å²) in [7, 11) is 1.39. The van der Waals surface area contributed by atoms with Gasteiger partial charge in [-0.05, 0) is 43.0 Å². The zero-order valence-electron chi connectivity index (χ0n) is 20.1. The van der Waals surface area contributed by atoms with Gasteiger partial charge in [0.05, 0.1) is 42.5 Å². The summed E-state index contributed by atoms with van der Waals surface area (Å²) in [5.41, 5.74) is 2.17. The highest BCUT2D eigenvalue weighted by atomic mass is 32.2. The quantitative estimate of drug-likeness (QED) is 0.190. The van der Waals surface area contributed by atoms with E-state index in [4.69, 9.17) is 4.33 Å². The fourth-order valence-corrected chi connectivity index (χ4v) is 4.74. The molecule has 188 valence electrons. The van der Waals surface area contributed by atoms with Gasteiger partial charge >= 0.3 is 0 Å². The Kier molecular flexibility index (Phi) is 7.54. The summed E-state index contributed by atoms with van der Waals surface area (Å²) in [5.74, 6) is 0.834. The minimum atomic E-state index is -0.434. The Morgan fingerprint density at radius 3 is 2.64 bits per heavy atom. The lowest BCUT2D eigenvalue weighted by molar-refractivity contribution is -0.160. The van der Waals surface area contributed by atoms with Gasteiger partial charge in [-0.25, -0.2) is 33.9 Å². The molecule has 10 nitrogen and oxygen atoms in total. The molecule has 0 atom stereocenters. The SMILES string of the molecule is CCCc1cnc(N2CCC(n3ncc4c(Nc5ccc(SOOC)cc5F)ncnc43)CC2)nc1. The molecule has 12 heteroatoms. The second kappa shape index (κ2) is 11.1. The third kappa shape index (κ3) is 5.25. The zero-order chi connectivity index (χ0) is 24.9. The van der Waals surface area contributed by atoms with Crippen LogP contribution in [0, 0.1) is 5.82 Å². The van der Waals surface area contributed by atoms with E-state index in [1.165, 1.54) is 19.5 Å². The third-order valence-electron chi connectivity index (χ3n) is 6.11. The molecule has 1 saturated heterocycles. The molecule has 0 radical (unpaired) electrons. The second-order valence-electron chi connectivity index (χ2n) is 8.49. The Morgan fingerprint density at radius 2 is 1.92 bits per heavy atom. The first kappa shape index (κ1) is 24.3. The Morgan fingerprint density at radius 1 is 1.11 bits per heavy atom. The molecule has 1 aromatic carbocycles. The molecule has 5 rings (SSSR count). The van der Waals surface area contributed by atoms with Crippen molar-refractivity contribution in [3.8, 4) is 0 Å². The van der Waals surface area contributed by atoms with Crippen LogP contribution in [0.25, 0.3) is 11.0 Å². The van der Waals surface area contributed by atoms with E-state index in [0.717, 1.165) is 67.7 Å². The van der Waals surface area contributed by atoms with E-state index in [1.54, 1.807) is 18.3 Å². The van der Waals surface area contributed by atoms with Crippen LogP contribution in [0.5, 0.6) is 0 Å². The number of rotatable bonds is 9. The molecule has 3 aromatic heterocycles. The summed E-state index contributed by atoms with van der Waals surface area (Å²) in [5, 5.41) is 8.42. The van der Waals surface area contributed by atoms with Gasteiger partial charge in [-0.1, -0.05) is 13.3 Å². The van der Waals surface area contributed by atoms with Gasteiger partial charge in [-0.3, -0.25) is 0 Å². The van der Waals surface area contributed by atoms with Crippen LogP contribution in [-0.2, 0) is 15.6 Å². The standard InChI is InChI=1S/C24H27FN8O2S/c1-3-4-16-12-26-24(27-13-16)32-9-7-17(8-10-32)33-23-19(14-30-33)22(28-15-29-23)31-21-6-5-18(11-20(21)25)36-35-34-2/h5-6,11-15,17H,3-4,7-10H2,1-2H3,(H,28,29,31). The molecule has 0 aliphatic carbocycles. The van der Waals surface area contributed by atoms with Crippen molar-refractivity contribution < 1.29 is 13.6 Å². The molecular weight excluding hydrogens is 483 g/mol. The van der Waals surface area contributed by atoms with Gasteiger partial charge in [0, 0.05) is 30.4 Å². The normalized spacial score (nSPS) is 14.5. The van der Waals surface area contributed by atoms with Gasteiger partial charge < -0.3 is 10.2 Å². The van der Waals surface area contributed by atoms with Crippen LogP contribution in [-0.4, -0.2) is 49.9 Å². The summed E-state index contributed by atoms with van der Waals surface area (Å²) in [6, 6.07) is 4.91. The first-order chi connectivity index (χ1) is 17.7. The number of aromatic nitrogens is 6. The van der Waals surface area contributed by atoms with Crippen molar-refractivity contribution in [3.05, 3.63) is 54.5 Å². The molecule has 0 amide bonds. The van der Waals surface area contributed by atoms with Gasteiger partial charge in [0.25, 0.3) is 0 Å². The van der Waals surface area contributed by atoms with E-state index < -0.39 is 5.82 Å².